The van der Waals surface area contributed by atoms with Gasteiger partial charge < -0.3 is 0 Å². The molecule has 0 aliphatic rings. The molecule has 0 N–H and O–H groups in total. The molecular weight excluding hydrogens is 1470 g/mol. The van der Waals surface area contributed by atoms with Gasteiger partial charge in [-0.05, 0) is 191 Å². The normalized spacial score (nSPS) is 12.7. The molecule has 1 atom stereocenters. The van der Waals surface area contributed by atoms with Crippen LogP contribution in [0.1, 0.15) is 603 Å². The van der Waals surface area contributed by atoms with Crippen LogP contribution >= 0.6 is 23.8 Å². The third-order valence-corrected chi connectivity index (χ3v) is 36.0. The zero-order chi connectivity index (χ0) is 86.2. The average Bonchev–Trinajstić information content (AvgIpc) is 0.756. The van der Waals surface area contributed by atoms with Crippen LogP contribution in [0.2, 0.25) is 0 Å². The van der Waals surface area contributed by atoms with E-state index in [1.807, 2.05) is 0 Å². The summed E-state index contributed by atoms with van der Waals surface area (Å²) in [5.41, 5.74) is 14.9. The van der Waals surface area contributed by atoms with Gasteiger partial charge in [-0.3, -0.25) is 0 Å². The largest absolute Gasteiger partial charge is 0.0750 e. The van der Waals surface area contributed by atoms with Gasteiger partial charge in [0.2, 0.25) is 0 Å². The summed E-state index contributed by atoms with van der Waals surface area (Å²) >= 11 is 0. The first-order chi connectivity index (χ1) is 57.1. The Kier molecular flexibility index (Phi) is 66.8. The molecule has 0 radical (unpaired) electrons. The van der Waals surface area contributed by atoms with Crippen LogP contribution in [0.25, 0.3) is 0 Å². The van der Waals surface area contributed by atoms with Gasteiger partial charge in [0.05, 0.1) is 0 Å². The summed E-state index contributed by atoms with van der Waals surface area (Å²) in [6.07, 6.45) is 104. The molecule has 0 aliphatic heterocycles. The third-order valence-electron chi connectivity index (χ3n) is 27.7. The van der Waals surface area contributed by atoms with Crippen LogP contribution in [0.15, 0.2) is 36.4 Å². The Hall–Kier alpha value is -1.05. The van der Waals surface area contributed by atoms with E-state index in [0.717, 1.165) is 6.42 Å². The molecule has 0 fully saturated rings. The lowest BCUT2D eigenvalue weighted by Gasteiger charge is -2.35. The number of rotatable bonds is 80. The lowest BCUT2D eigenvalue weighted by Crippen LogP contribution is -2.27. The first-order valence-corrected chi connectivity index (χ1v) is 58.9. The summed E-state index contributed by atoms with van der Waals surface area (Å²) in [7, 11) is -0.813. The second-order valence-electron chi connectivity index (χ2n) is 42.3. The zero-order valence-corrected chi connectivity index (χ0v) is 86.8. The standard InChI is InChI=1S/C115H211P3/c1-20-26-32-38-44-50-56-62-68-74-80-86-116(87-81-75-69-63-57-51-45-39-33-27-21-2)110-93-100(8)103(96-107(110)113(11,12)13)99(7)92-106(104-97-108(114(14,15)16)111(94-101(104)9)117(88-82-76-70-64-58-52-46-40-34-28-22-3)89-83-77-71-65-59-53-47-41-35-29-23-4)105-98-109(115(17,18)19)112(95-102(105)10)118(90-84-78-72-66-60-54-48-42-36-30-24-5)91-85-79-73-67-61-55-49-43-37-31-25-6/h93-99,106H,20-92H2,1-19H3. The molecule has 0 saturated heterocycles. The minimum Gasteiger partial charge on any atom is -0.0750 e. The van der Waals surface area contributed by atoms with Crippen LogP contribution in [-0.4, -0.2) is 37.0 Å². The monoisotopic (exact) mass is 1690 g/mol. The fourth-order valence-corrected chi connectivity index (χ4v) is 28.9. The Morgan fingerprint density at radius 3 is 0.508 bits per heavy atom. The Labute approximate surface area is 747 Å². The number of aryl methyl sites for hydroxylation is 3. The summed E-state index contributed by atoms with van der Waals surface area (Å²) in [6.45, 7) is 48.0. The number of hydrogen-bond acceptors (Lipinski definition) is 0. The van der Waals surface area contributed by atoms with Gasteiger partial charge in [-0.25, -0.2) is 0 Å². The van der Waals surface area contributed by atoms with Gasteiger partial charge in [-0.2, -0.15) is 0 Å². The minimum atomic E-state index is -0.282. The van der Waals surface area contributed by atoms with Gasteiger partial charge in [-0.15, -0.1) is 0 Å². The highest BCUT2D eigenvalue weighted by atomic mass is 31.1. The van der Waals surface area contributed by atoms with E-state index in [1.165, 1.54) is 461 Å². The predicted octanol–water partition coefficient (Wildman–Crippen LogP) is 40.0. The highest BCUT2D eigenvalue weighted by Gasteiger charge is 2.33. The van der Waals surface area contributed by atoms with Crippen LogP contribution in [0.4, 0.5) is 0 Å². The number of benzene rings is 3. The van der Waals surface area contributed by atoms with Crippen molar-refractivity contribution < 1.29 is 0 Å². The molecule has 0 heterocycles. The Morgan fingerprint density at radius 1 is 0.203 bits per heavy atom. The molecule has 0 nitrogen and oxygen atoms in total. The molecule has 0 aliphatic carbocycles. The van der Waals surface area contributed by atoms with Crippen molar-refractivity contribution >= 4 is 39.7 Å². The van der Waals surface area contributed by atoms with Crippen LogP contribution < -0.4 is 15.9 Å². The van der Waals surface area contributed by atoms with Crippen molar-refractivity contribution in [1.82, 2.24) is 0 Å². The van der Waals surface area contributed by atoms with Crippen LogP contribution in [0, 0.1) is 20.8 Å². The number of unbranched alkanes of at least 4 members (excludes halogenated alkanes) is 60. The maximum atomic E-state index is 2.92. The van der Waals surface area contributed by atoms with Crippen molar-refractivity contribution in [2.24, 2.45) is 0 Å². The fourth-order valence-electron chi connectivity index (χ4n) is 19.8. The SMILES string of the molecule is CCCCCCCCCCCCCP(CCCCCCCCCCCCC)c1cc(C)c(C(C)CC(c2cc(C(C)(C)C)c(P(CCCCCCCCCCCCC)CCCCCCCCCCCCC)cc2C)c2cc(C(C)(C)C)c(P(CCCCCCCCCCCCC)CCCCCCCCCCCCC)cc2C)cc1C(C)(C)C. The third kappa shape index (κ3) is 51.1. The highest BCUT2D eigenvalue weighted by molar-refractivity contribution is 7.66. The van der Waals surface area contributed by atoms with E-state index in [0.29, 0.717) is 11.8 Å². The summed E-state index contributed by atoms with van der Waals surface area (Å²) in [5.74, 6) is 0.697. The van der Waals surface area contributed by atoms with Gasteiger partial charge in [0.1, 0.15) is 0 Å². The van der Waals surface area contributed by atoms with Crippen LogP contribution in [-0.2, 0) is 16.2 Å². The number of hydrogen-bond donors (Lipinski definition) is 0. The molecule has 0 saturated carbocycles. The van der Waals surface area contributed by atoms with Crippen molar-refractivity contribution in [3.63, 3.8) is 0 Å². The fraction of sp³-hybridized carbons (Fsp3) is 0.843. The molecule has 0 aromatic heterocycles. The van der Waals surface area contributed by atoms with E-state index in [9.17, 15) is 0 Å². The lowest BCUT2D eigenvalue weighted by molar-refractivity contribution is 0.553. The van der Waals surface area contributed by atoms with Crippen LogP contribution in [0.3, 0.4) is 0 Å². The summed E-state index contributed by atoms with van der Waals surface area (Å²) in [5, 5.41) is 5.35. The molecule has 0 bridgehead atoms. The molecular formula is C115H211P3. The van der Waals surface area contributed by atoms with E-state index in [-0.39, 0.29) is 40.0 Å². The van der Waals surface area contributed by atoms with Crippen molar-refractivity contribution in [2.75, 3.05) is 37.0 Å². The van der Waals surface area contributed by atoms with E-state index < -0.39 is 0 Å². The lowest BCUT2D eigenvalue weighted by atomic mass is 9.74. The summed E-state index contributed by atoms with van der Waals surface area (Å²) < 4.78 is 0. The summed E-state index contributed by atoms with van der Waals surface area (Å²) in [6, 6.07) is 17.3. The molecule has 3 aromatic rings. The van der Waals surface area contributed by atoms with Crippen molar-refractivity contribution in [3.05, 3.63) is 86.5 Å². The topological polar surface area (TPSA) is 0 Å². The van der Waals surface area contributed by atoms with E-state index in [1.54, 1.807) is 66.0 Å². The molecule has 118 heavy (non-hydrogen) atoms. The van der Waals surface area contributed by atoms with Gasteiger partial charge in [0, 0.05) is 5.92 Å². The van der Waals surface area contributed by atoms with E-state index in [4.69, 9.17) is 0 Å². The Bertz CT molecular complexity index is 2590. The predicted molar refractivity (Wildman–Crippen MR) is 552 cm³/mol. The van der Waals surface area contributed by atoms with Gasteiger partial charge in [0.15, 0.2) is 0 Å². The molecule has 3 aromatic carbocycles. The first kappa shape index (κ1) is 111. The van der Waals surface area contributed by atoms with Crippen LogP contribution in [0.5, 0.6) is 0 Å². The van der Waals surface area contributed by atoms with E-state index in [2.05, 4.69) is 168 Å². The highest BCUT2D eigenvalue weighted by Crippen LogP contribution is 2.50. The quantitative estimate of drug-likeness (QED) is 0.0390. The molecule has 1 unspecified atom stereocenters. The second kappa shape index (κ2) is 70.9. The molecule has 0 amide bonds. The average molecular weight is 1690 g/mol. The van der Waals surface area contributed by atoms with Crippen molar-refractivity contribution in [2.45, 2.75) is 590 Å². The smallest absolute Gasteiger partial charge is 0.0100 e. The van der Waals surface area contributed by atoms with Gasteiger partial charge in [-0.1, -0.05) is 556 Å². The maximum absolute atomic E-state index is 2.92. The molecule has 3 heteroatoms. The van der Waals surface area contributed by atoms with Gasteiger partial charge in [0.25, 0.3) is 0 Å². The molecule has 686 valence electrons. The second-order valence-corrected chi connectivity index (χ2v) is 49.7. The Morgan fingerprint density at radius 2 is 0.347 bits per heavy atom. The van der Waals surface area contributed by atoms with Crippen molar-refractivity contribution in [3.8, 4) is 0 Å². The first-order valence-electron chi connectivity index (χ1n) is 53.8. The minimum absolute atomic E-state index is 0.0457. The Balaban J connectivity index is 2.32. The molecule has 3 rings (SSSR count). The zero-order valence-electron chi connectivity index (χ0n) is 84.1. The van der Waals surface area contributed by atoms with E-state index >= 15 is 0 Å². The van der Waals surface area contributed by atoms with Gasteiger partial charge >= 0.3 is 0 Å². The maximum Gasteiger partial charge on any atom is 0.0100 e. The molecule has 0 spiro atoms. The van der Waals surface area contributed by atoms with Crippen molar-refractivity contribution in [1.29, 1.82) is 0 Å². The summed E-state index contributed by atoms with van der Waals surface area (Å²) in [4.78, 5) is 0.